The van der Waals surface area contributed by atoms with E-state index in [1.807, 2.05) is 13.8 Å². The summed E-state index contributed by atoms with van der Waals surface area (Å²) in [6, 6.07) is -2.12. The van der Waals surface area contributed by atoms with Gasteiger partial charge in [-0.15, -0.1) is 0 Å². The molecule has 3 atom stereocenters. The van der Waals surface area contributed by atoms with Crippen LogP contribution in [0.3, 0.4) is 0 Å². The molecule has 0 aromatic rings. The van der Waals surface area contributed by atoms with Gasteiger partial charge in [0.15, 0.2) is 5.78 Å². The smallest absolute Gasteiger partial charge is 0.309 e. The molecule has 1 fully saturated rings. The molecule has 1 unspecified atom stereocenters. The Labute approximate surface area is 183 Å². The van der Waals surface area contributed by atoms with Gasteiger partial charge in [0, 0.05) is 18.0 Å². The van der Waals surface area contributed by atoms with E-state index in [0.717, 1.165) is 6.42 Å². The van der Waals surface area contributed by atoms with Crippen LogP contribution in [0, 0.1) is 11.8 Å². The molecule has 10 heteroatoms. The number of hydrogen-bond acceptors (Lipinski definition) is 6. The molecule has 1 aliphatic heterocycles. The van der Waals surface area contributed by atoms with Crippen LogP contribution in [-0.2, 0) is 24.0 Å². The van der Waals surface area contributed by atoms with Gasteiger partial charge in [0.2, 0.25) is 11.8 Å². The highest BCUT2D eigenvalue weighted by Gasteiger charge is 2.33. The van der Waals surface area contributed by atoms with E-state index in [-0.39, 0.29) is 24.7 Å². The maximum atomic E-state index is 12.9. The van der Waals surface area contributed by atoms with Gasteiger partial charge >= 0.3 is 11.8 Å². The van der Waals surface area contributed by atoms with Gasteiger partial charge in [-0.25, -0.2) is 0 Å². The van der Waals surface area contributed by atoms with Crippen LogP contribution < -0.4 is 21.3 Å². The maximum Gasteiger partial charge on any atom is 0.309 e. The fraction of sp³-hybridized carbons (Fsp3) is 0.762. The van der Waals surface area contributed by atoms with Gasteiger partial charge in [-0.3, -0.25) is 24.0 Å². The number of rotatable bonds is 9. The zero-order valence-corrected chi connectivity index (χ0v) is 19.0. The Morgan fingerprint density at radius 2 is 1.74 bits per heavy atom. The number of nitrogens with one attached hydrogen (secondary N) is 4. The van der Waals surface area contributed by atoms with Crippen molar-refractivity contribution in [3.05, 3.63) is 0 Å². The van der Waals surface area contributed by atoms with E-state index in [1.165, 1.54) is 0 Å². The lowest BCUT2D eigenvalue weighted by Crippen LogP contribution is -2.56. The van der Waals surface area contributed by atoms with Crippen molar-refractivity contribution in [3.8, 4) is 0 Å². The molecule has 176 valence electrons. The van der Waals surface area contributed by atoms with Crippen LogP contribution in [-0.4, -0.2) is 65.3 Å². The lowest BCUT2D eigenvalue weighted by atomic mass is 9.90. The van der Waals surface area contributed by atoms with Crippen molar-refractivity contribution in [1.29, 1.82) is 0 Å². The third-order valence-corrected chi connectivity index (χ3v) is 4.80. The highest BCUT2D eigenvalue weighted by atomic mass is 16.3. The fourth-order valence-corrected chi connectivity index (χ4v) is 3.32. The minimum absolute atomic E-state index is 0.0119. The van der Waals surface area contributed by atoms with E-state index in [0.29, 0.717) is 13.0 Å². The highest BCUT2D eigenvalue weighted by molar-refractivity contribution is 6.35. The van der Waals surface area contributed by atoms with Crippen LogP contribution in [0.5, 0.6) is 0 Å². The van der Waals surface area contributed by atoms with Gasteiger partial charge in [0.25, 0.3) is 0 Å². The lowest BCUT2D eigenvalue weighted by molar-refractivity contribution is -0.142. The van der Waals surface area contributed by atoms with E-state index >= 15 is 0 Å². The van der Waals surface area contributed by atoms with Crippen molar-refractivity contribution in [1.82, 2.24) is 21.3 Å². The molecule has 5 N–H and O–H groups in total. The van der Waals surface area contributed by atoms with Gasteiger partial charge in [0.05, 0.1) is 6.04 Å². The second kappa shape index (κ2) is 11.8. The number of hydrogen-bond donors (Lipinski definition) is 5. The summed E-state index contributed by atoms with van der Waals surface area (Å²) in [6.45, 7) is 8.66. The van der Waals surface area contributed by atoms with Crippen LogP contribution in [0.25, 0.3) is 0 Å². The molecule has 31 heavy (non-hydrogen) atoms. The summed E-state index contributed by atoms with van der Waals surface area (Å²) >= 11 is 0. The normalized spacial score (nSPS) is 18.5. The second-order valence-corrected chi connectivity index (χ2v) is 9.41. The first kappa shape index (κ1) is 26.5. The predicted octanol–water partition coefficient (Wildman–Crippen LogP) is -0.605. The van der Waals surface area contributed by atoms with E-state index in [9.17, 15) is 29.1 Å². The van der Waals surface area contributed by atoms with Crippen molar-refractivity contribution in [2.75, 3.05) is 13.2 Å². The van der Waals surface area contributed by atoms with Crippen molar-refractivity contribution in [2.45, 2.75) is 77.9 Å². The maximum absolute atomic E-state index is 12.9. The van der Waals surface area contributed by atoms with E-state index < -0.39 is 53.7 Å². The molecule has 0 aromatic heterocycles. The Kier molecular flexibility index (Phi) is 10.1. The number of ketones is 1. The molecule has 1 aliphatic rings. The van der Waals surface area contributed by atoms with Gasteiger partial charge < -0.3 is 26.4 Å². The molecule has 1 heterocycles. The van der Waals surface area contributed by atoms with Crippen LogP contribution in [0.2, 0.25) is 0 Å². The first-order chi connectivity index (χ1) is 14.3. The minimum Gasteiger partial charge on any atom is -0.389 e. The molecule has 10 nitrogen and oxygen atoms in total. The molecule has 1 saturated heterocycles. The van der Waals surface area contributed by atoms with Gasteiger partial charge in [0.1, 0.15) is 12.6 Å². The summed E-state index contributed by atoms with van der Waals surface area (Å²) in [5, 5.41) is 19.5. The Morgan fingerprint density at radius 1 is 1.10 bits per heavy atom. The van der Waals surface area contributed by atoms with E-state index in [1.54, 1.807) is 20.8 Å². The van der Waals surface area contributed by atoms with Crippen molar-refractivity contribution >= 4 is 29.4 Å². The second-order valence-electron chi connectivity index (χ2n) is 9.41. The highest BCUT2D eigenvalue weighted by Crippen LogP contribution is 2.18. The van der Waals surface area contributed by atoms with Crippen LogP contribution in [0.15, 0.2) is 0 Å². The molecule has 0 aliphatic carbocycles. The number of amides is 4. The van der Waals surface area contributed by atoms with E-state index in [4.69, 9.17) is 0 Å². The number of piperidine rings is 1. The zero-order valence-electron chi connectivity index (χ0n) is 19.0. The number of carbonyl (C=O) groups is 5. The molecule has 4 amide bonds. The number of aliphatic hydroxyl groups excluding tert-OH is 1. The molecule has 0 aromatic carbocycles. The standard InChI is InChI=1S/C21H36N4O6/c1-12(2)9-15(24-19(30)20(31)25-21(3,4)5)18(29)23-14(16(27)11-26)10-13-7-6-8-22-17(13)28/h12-15,26H,6-11H2,1-5H3,(H,22,28)(H,23,29)(H,24,30)(H,25,31)/t13-,14?,15-/m0/s1. The van der Waals surface area contributed by atoms with Crippen LogP contribution >= 0.6 is 0 Å². The Hall–Kier alpha value is -2.49. The summed E-state index contributed by atoms with van der Waals surface area (Å²) in [5.41, 5.74) is -0.622. The minimum atomic E-state index is -1.07. The summed E-state index contributed by atoms with van der Waals surface area (Å²) in [4.78, 5) is 61.5. The first-order valence-corrected chi connectivity index (χ1v) is 10.7. The number of Topliss-reactive ketones (excluding diaryl/α,β-unsaturated/α-hetero) is 1. The average Bonchev–Trinajstić information content (AvgIpc) is 2.66. The monoisotopic (exact) mass is 440 g/mol. The van der Waals surface area contributed by atoms with Gasteiger partial charge in [-0.05, 0) is 52.4 Å². The largest absolute Gasteiger partial charge is 0.389 e. The SMILES string of the molecule is CC(C)C[C@H](NC(=O)C(=O)NC(C)(C)C)C(=O)NC(C[C@@H]1CCCNC1=O)C(=O)CO. The summed E-state index contributed by atoms with van der Waals surface area (Å²) in [5.74, 6) is -3.71. The topological polar surface area (TPSA) is 154 Å². The van der Waals surface area contributed by atoms with Crippen molar-refractivity contribution < 1.29 is 29.1 Å². The number of aliphatic hydroxyl groups is 1. The summed E-state index contributed by atoms with van der Waals surface area (Å²) in [6.07, 6.45) is 1.64. The van der Waals surface area contributed by atoms with Crippen LogP contribution in [0.1, 0.15) is 60.3 Å². The first-order valence-electron chi connectivity index (χ1n) is 10.7. The molecule has 0 saturated carbocycles. The molecular weight excluding hydrogens is 404 g/mol. The molecule has 0 bridgehead atoms. The fourth-order valence-electron chi connectivity index (χ4n) is 3.32. The Bertz CT molecular complexity index is 686. The summed E-state index contributed by atoms with van der Waals surface area (Å²) in [7, 11) is 0. The molecule has 0 spiro atoms. The van der Waals surface area contributed by atoms with Gasteiger partial charge in [-0.2, -0.15) is 0 Å². The van der Waals surface area contributed by atoms with Crippen LogP contribution in [0.4, 0.5) is 0 Å². The van der Waals surface area contributed by atoms with Crippen molar-refractivity contribution in [2.24, 2.45) is 11.8 Å². The molecule has 1 rings (SSSR count). The number of carbonyl (C=O) groups excluding carboxylic acids is 5. The lowest BCUT2D eigenvalue weighted by Gasteiger charge is -2.28. The third-order valence-electron chi connectivity index (χ3n) is 4.80. The van der Waals surface area contributed by atoms with Gasteiger partial charge in [-0.1, -0.05) is 13.8 Å². The quantitative estimate of drug-likeness (QED) is 0.302. The Balaban J connectivity index is 2.90. The average molecular weight is 441 g/mol. The van der Waals surface area contributed by atoms with Crippen molar-refractivity contribution in [3.63, 3.8) is 0 Å². The van der Waals surface area contributed by atoms with E-state index in [2.05, 4.69) is 21.3 Å². The third kappa shape index (κ3) is 9.46. The summed E-state index contributed by atoms with van der Waals surface area (Å²) < 4.78 is 0. The molecular formula is C21H36N4O6. The predicted molar refractivity (Wildman–Crippen MR) is 114 cm³/mol. The zero-order chi connectivity index (χ0) is 23.8. The Morgan fingerprint density at radius 3 is 2.26 bits per heavy atom. The molecule has 0 radical (unpaired) electrons.